The summed E-state index contributed by atoms with van der Waals surface area (Å²) in [7, 11) is 3.92. The van der Waals surface area contributed by atoms with Crippen molar-refractivity contribution in [1.82, 2.24) is 10.2 Å². The topological polar surface area (TPSA) is 58.4 Å². The Morgan fingerprint density at radius 2 is 2.21 bits per heavy atom. The molecule has 0 atom stereocenters. The van der Waals surface area contributed by atoms with Crippen LogP contribution in [0.1, 0.15) is 9.67 Å². The molecule has 0 saturated carbocycles. The fraction of sp³-hybridized carbons (Fsp3) is 0.308. The number of likely N-dealkylation sites (N-methyl/N-ethyl adjacent to an activating group) is 1. The number of halogens is 1. The molecule has 1 aromatic heterocycles. The number of rotatable bonds is 4. The largest absolute Gasteiger partial charge is 0.397 e. The number of thiophene rings is 1. The molecule has 2 aromatic rings. The first-order chi connectivity index (χ1) is 8.99. The molecular formula is C13H16ClN3OS. The molecule has 1 heterocycles. The minimum absolute atomic E-state index is 0.128. The highest BCUT2D eigenvalue weighted by Crippen LogP contribution is 2.35. The van der Waals surface area contributed by atoms with Crippen molar-refractivity contribution in [3.8, 4) is 0 Å². The molecule has 4 nitrogen and oxygen atoms in total. The van der Waals surface area contributed by atoms with Gasteiger partial charge in [-0.2, -0.15) is 0 Å². The van der Waals surface area contributed by atoms with Crippen LogP contribution < -0.4 is 11.1 Å². The Morgan fingerprint density at radius 1 is 1.47 bits per heavy atom. The van der Waals surface area contributed by atoms with Crippen molar-refractivity contribution in [2.24, 2.45) is 0 Å². The first-order valence-corrected chi connectivity index (χ1v) is 7.09. The number of nitrogens with one attached hydrogen (secondary N) is 1. The molecule has 0 aliphatic rings. The van der Waals surface area contributed by atoms with Gasteiger partial charge < -0.3 is 16.0 Å². The van der Waals surface area contributed by atoms with Gasteiger partial charge in [0, 0.05) is 28.2 Å². The fourth-order valence-electron chi connectivity index (χ4n) is 1.73. The summed E-state index contributed by atoms with van der Waals surface area (Å²) >= 11 is 7.31. The van der Waals surface area contributed by atoms with E-state index in [0.29, 0.717) is 22.1 Å². The van der Waals surface area contributed by atoms with Crippen molar-refractivity contribution >= 4 is 44.6 Å². The number of nitrogen functional groups attached to an aromatic ring is 1. The lowest BCUT2D eigenvalue weighted by Crippen LogP contribution is -2.31. The van der Waals surface area contributed by atoms with Gasteiger partial charge in [0.05, 0.1) is 5.69 Å². The van der Waals surface area contributed by atoms with Crippen molar-refractivity contribution in [2.45, 2.75) is 0 Å². The van der Waals surface area contributed by atoms with E-state index in [1.807, 2.05) is 31.1 Å². The van der Waals surface area contributed by atoms with Crippen LogP contribution in [0.15, 0.2) is 18.2 Å². The van der Waals surface area contributed by atoms with Crippen LogP contribution in [-0.2, 0) is 0 Å². The second kappa shape index (κ2) is 5.77. The lowest BCUT2D eigenvalue weighted by Gasteiger charge is -2.09. The SMILES string of the molecule is CN(C)CCNC(=O)c1sc2cc(Cl)ccc2c1N. The van der Waals surface area contributed by atoms with Gasteiger partial charge in [-0.1, -0.05) is 11.6 Å². The van der Waals surface area contributed by atoms with E-state index in [9.17, 15) is 4.79 Å². The number of benzene rings is 1. The summed E-state index contributed by atoms with van der Waals surface area (Å²) in [5.41, 5.74) is 6.54. The first-order valence-electron chi connectivity index (χ1n) is 5.89. The maximum atomic E-state index is 12.1. The van der Waals surface area contributed by atoms with E-state index in [-0.39, 0.29) is 5.91 Å². The standard InChI is InChI=1S/C13H16ClN3OS/c1-17(2)6-5-16-13(18)12-11(15)9-4-3-8(14)7-10(9)19-12/h3-4,7H,5-6,15H2,1-2H3,(H,16,18). The zero-order chi connectivity index (χ0) is 14.0. The Kier molecular flexibility index (Phi) is 4.29. The molecule has 0 aliphatic heterocycles. The number of carbonyl (C=O) groups excluding carboxylic acids is 1. The molecular weight excluding hydrogens is 282 g/mol. The molecule has 0 spiro atoms. The van der Waals surface area contributed by atoms with Crippen LogP contribution >= 0.6 is 22.9 Å². The Hall–Kier alpha value is -1.30. The number of nitrogens with zero attached hydrogens (tertiary/aromatic N) is 1. The van der Waals surface area contributed by atoms with Crippen LogP contribution in [0, 0.1) is 0 Å². The summed E-state index contributed by atoms with van der Waals surface area (Å²) < 4.78 is 0.933. The van der Waals surface area contributed by atoms with Crippen molar-refractivity contribution in [2.75, 3.05) is 32.9 Å². The number of fused-ring (bicyclic) bond motifs is 1. The molecule has 6 heteroatoms. The summed E-state index contributed by atoms with van der Waals surface area (Å²) in [6.45, 7) is 1.39. The maximum Gasteiger partial charge on any atom is 0.263 e. The molecule has 2 rings (SSSR count). The van der Waals surface area contributed by atoms with Gasteiger partial charge in [-0.15, -0.1) is 11.3 Å². The Morgan fingerprint density at radius 3 is 2.89 bits per heavy atom. The minimum atomic E-state index is -0.128. The van der Waals surface area contributed by atoms with E-state index in [4.69, 9.17) is 17.3 Å². The van der Waals surface area contributed by atoms with Gasteiger partial charge in [0.1, 0.15) is 4.88 Å². The van der Waals surface area contributed by atoms with E-state index in [0.717, 1.165) is 16.6 Å². The average molecular weight is 298 g/mol. The zero-order valence-corrected chi connectivity index (χ0v) is 12.4. The van der Waals surface area contributed by atoms with Crippen LogP contribution in [0.2, 0.25) is 5.02 Å². The number of carbonyl (C=O) groups is 1. The molecule has 3 N–H and O–H groups in total. The molecule has 0 aliphatic carbocycles. The number of hydrogen-bond acceptors (Lipinski definition) is 4. The zero-order valence-electron chi connectivity index (χ0n) is 10.9. The van der Waals surface area contributed by atoms with E-state index >= 15 is 0 Å². The highest BCUT2D eigenvalue weighted by Gasteiger charge is 2.16. The summed E-state index contributed by atoms with van der Waals surface area (Å²) in [4.78, 5) is 14.6. The van der Waals surface area contributed by atoms with Crippen LogP contribution in [0.5, 0.6) is 0 Å². The van der Waals surface area contributed by atoms with Gasteiger partial charge >= 0.3 is 0 Å². The predicted molar refractivity (Wildman–Crippen MR) is 82.1 cm³/mol. The van der Waals surface area contributed by atoms with Crippen LogP contribution in [0.3, 0.4) is 0 Å². The van der Waals surface area contributed by atoms with E-state index < -0.39 is 0 Å². The second-order valence-electron chi connectivity index (χ2n) is 4.54. The van der Waals surface area contributed by atoms with E-state index in [1.54, 1.807) is 6.07 Å². The second-order valence-corrected chi connectivity index (χ2v) is 6.03. The predicted octanol–water partition coefficient (Wildman–Crippen LogP) is 2.43. The van der Waals surface area contributed by atoms with E-state index in [1.165, 1.54) is 11.3 Å². The molecule has 1 aromatic carbocycles. The monoisotopic (exact) mass is 297 g/mol. The average Bonchev–Trinajstić information content (AvgIpc) is 2.65. The molecule has 0 fully saturated rings. The highest BCUT2D eigenvalue weighted by molar-refractivity contribution is 7.21. The van der Waals surface area contributed by atoms with Crippen molar-refractivity contribution in [3.63, 3.8) is 0 Å². The maximum absolute atomic E-state index is 12.1. The van der Waals surface area contributed by atoms with Crippen LogP contribution in [-0.4, -0.2) is 38.0 Å². The first kappa shape index (κ1) is 14.1. The lowest BCUT2D eigenvalue weighted by molar-refractivity contribution is 0.0956. The van der Waals surface area contributed by atoms with Crippen molar-refractivity contribution in [3.05, 3.63) is 28.1 Å². The van der Waals surface area contributed by atoms with E-state index in [2.05, 4.69) is 5.32 Å². The van der Waals surface area contributed by atoms with Crippen molar-refractivity contribution < 1.29 is 4.79 Å². The molecule has 19 heavy (non-hydrogen) atoms. The molecule has 0 saturated heterocycles. The lowest BCUT2D eigenvalue weighted by atomic mass is 10.2. The van der Waals surface area contributed by atoms with Gasteiger partial charge in [-0.3, -0.25) is 4.79 Å². The Balaban J connectivity index is 2.20. The van der Waals surface area contributed by atoms with Gasteiger partial charge in [-0.25, -0.2) is 0 Å². The summed E-state index contributed by atoms with van der Waals surface area (Å²) in [5.74, 6) is -0.128. The Labute approximate surface area is 121 Å². The number of nitrogens with two attached hydrogens (primary N) is 1. The molecule has 102 valence electrons. The number of amides is 1. The molecule has 0 bridgehead atoms. The summed E-state index contributed by atoms with van der Waals surface area (Å²) in [6, 6.07) is 5.45. The minimum Gasteiger partial charge on any atom is -0.397 e. The van der Waals surface area contributed by atoms with Gasteiger partial charge in [0.25, 0.3) is 5.91 Å². The normalized spacial score (nSPS) is 11.2. The van der Waals surface area contributed by atoms with Crippen LogP contribution in [0.25, 0.3) is 10.1 Å². The van der Waals surface area contributed by atoms with Crippen LogP contribution in [0.4, 0.5) is 5.69 Å². The third-order valence-corrected chi connectivity index (χ3v) is 4.14. The highest BCUT2D eigenvalue weighted by atomic mass is 35.5. The fourth-order valence-corrected chi connectivity index (χ4v) is 3.05. The smallest absolute Gasteiger partial charge is 0.263 e. The van der Waals surface area contributed by atoms with Gasteiger partial charge in [0.2, 0.25) is 0 Å². The molecule has 0 radical (unpaired) electrons. The van der Waals surface area contributed by atoms with Gasteiger partial charge in [-0.05, 0) is 32.3 Å². The third-order valence-electron chi connectivity index (χ3n) is 2.74. The third kappa shape index (κ3) is 3.18. The summed E-state index contributed by atoms with van der Waals surface area (Å²) in [5, 5.41) is 4.39. The van der Waals surface area contributed by atoms with Crippen molar-refractivity contribution in [1.29, 1.82) is 0 Å². The molecule has 0 unspecified atom stereocenters. The number of anilines is 1. The summed E-state index contributed by atoms with van der Waals surface area (Å²) in [6.07, 6.45) is 0. The molecule has 1 amide bonds. The Bertz CT molecular complexity index is 609. The quantitative estimate of drug-likeness (QED) is 0.911. The number of hydrogen-bond donors (Lipinski definition) is 2. The van der Waals surface area contributed by atoms with Gasteiger partial charge in [0.15, 0.2) is 0 Å².